The number of amides is 1. The Morgan fingerprint density at radius 1 is 1.43 bits per heavy atom. The van der Waals surface area contributed by atoms with Crippen LogP contribution >= 0.6 is 11.3 Å². The van der Waals surface area contributed by atoms with Crippen LogP contribution in [0.3, 0.4) is 0 Å². The number of hydrogen-bond acceptors (Lipinski definition) is 4. The molecule has 5 heteroatoms. The van der Waals surface area contributed by atoms with Crippen molar-refractivity contribution >= 4 is 33.0 Å². The zero-order chi connectivity index (χ0) is 15.6. The van der Waals surface area contributed by atoms with Gasteiger partial charge in [0.05, 0.1) is 18.2 Å². The normalized spacial score (nSPS) is 11.1. The van der Waals surface area contributed by atoms with Crippen molar-refractivity contribution in [2.45, 2.75) is 20.3 Å². The first-order valence-electron chi connectivity index (χ1n) is 7.06. The second kappa shape index (κ2) is 6.35. The third-order valence-corrected chi connectivity index (χ3v) is 4.68. The number of benzene rings is 1. The summed E-state index contributed by atoms with van der Waals surface area (Å²) in [6, 6.07) is 5.74. The van der Waals surface area contributed by atoms with Crippen molar-refractivity contribution in [2.24, 2.45) is 5.92 Å². The van der Waals surface area contributed by atoms with Crippen molar-refractivity contribution in [1.82, 2.24) is 4.90 Å². The van der Waals surface area contributed by atoms with Crippen molar-refractivity contribution in [2.75, 3.05) is 26.4 Å². The predicted molar refractivity (Wildman–Crippen MR) is 89.2 cm³/mol. The fourth-order valence-electron chi connectivity index (χ4n) is 2.20. The molecule has 0 saturated carbocycles. The number of carbonyl (C=O) groups excluding carboxylic acids is 1. The molecule has 0 radical (unpaired) electrons. The first-order valence-corrected chi connectivity index (χ1v) is 7.87. The van der Waals surface area contributed by atoms with Crippen LogP contribution in [0.25, 0.3) is 10.1 Å². The number of rotatable bonds is 5. The van der Waals surface area contributed by atoms with Crippen LogP contribution in [0.5, 0.6) is 5.75 Å². The molecule has 2 N–H and O–H groups in total. The van der Waals surface area contributed by atoms with Gasteiger partial charge >= 0.3 is 0 Å². The quantitative estimate of drug-likeness (QED) is 0.918. The number of anilines is 1. The number of nitrogens with two attached hydrogens (primary N) is 1. The van der Waals surface area contributed by atoms with Gasteiger partial charge in [0, 0.05) is 18.3 Å². The summed E-state index contributed by atoms with van der Waals surface area (Å²) in [7, 11) is 3.44. The van der Waals surface area contributed by atoms with Crippen LogP contribution in [-0.2, 0) is 0 Å². The molecule has 0 aliphatic heterocycles. The predicted octanol–water partition coefficient (Wildman–Crippen LogP) is 3.61. The fraction of sp³-hybridized carbons (Fsp3) is 0.438. The van der Waals surface area contributed by atoms with E-state index in [-0.39, 0.29) is 5.91 Å². The van der Waals surface area contributed by atoms with Crippen molar-refractivity contribution in [3.8, 4) is 5.75 Å². The minimum absolute atomic E-state index is 0.0172. The summed E-state index contributed by atoms with van der Waals surface area (Å²) in [6.07, 6.45) is 0.983. The summed E-state index contributed by atoms with van der Waals surface area (Å²) in [6.45, 7) is 5.04. The second-order valence-electron chi connectivity index (χ2n) is 5.59. The Kier molecular flexibility index (Phi) is 4.73. The molecule has 2 aromatic rings. The highest BCUT2D eigenvalue weighted by molar-refractivity contribution is 7.21. The molecule has 1 aromatic carbocycles. The van der Waals surface area contributed by atoms with Crippen LogP contribution in [0.15, 0.2) is 18.2 Å². The molecular formula is C16H22N2O2S. The zero-order valence-corrected chi connectivity index (χ0v) is 13.8. The van der Waals surface area contributed by atoms with E-state index in [2.05, 4.69) is 13.8 Å². The van der Waals surface area contributed by atoms with Crippen LogP contribution < -0.4 is 10.5 Å². The summed E-state index contributed by atoms with van der Waals surface area (Å²) < 4.78 is 6.32. The van der Waals surface area contributed by atoms with Gasteiger partial charge in [-0.2, -0.15) is 0 Å². The number of fused-ring (bicyclic) bond motifs is 1. The number of ether oxygens (including phenoxy) is 1. The van der Waals surface area contributed by atoms with E-state index >= 15 is 0 Å². The Labute approximate surface area is 129 Å². The third-order valence-electron chi connectivity index (χ3n) is 3.52. The second-order valence-corrected chi connectivity index (χ2v) is 6.64. The van der Waals surface area contributed by atoms with Crippen LogP contribution in [0, 0.1) is 5.92 Å². The van der Waals surface area contributed by atoms with Crippen LogP contribution in [0.2, 0.25) is 0 Å². The largest absolute Gasteiger partial charge is 0.496 e. The van der Waals surface area contributed by atoms with E-state index in [1.54, 1.807) is 12.0 Å². The lowest BCUT2D eigenvalue weighted by molar-refractivity contribution is 0.0795. The standard InChI is InChI=1S/C16H22N2O2S/c1-10(2)8-9-18(3)16(19)15-14(17)13-11(20-4)6-5-7-12(13)21-15/h5-7,10H,8-9,17H2,1-4H3. The average molecular weight is 306 g/mol. The first kappa shape index (κ1) is 15.6. The molecule has 0 bridgehead atoms. The van der Waals surface area contributed by atoms with E-state index in [0.29, 0.717) is 22.2 Å². The summed E-state index contributed by atoms with van der Waals surface area (Å²) >= 11 is 1.43. The average Bonchev–Trinajstić information content (AvgIpc) is 2.81. The Hall–Kier alpha value is -1.75. The van der Waals surface area contributed by atoms with Crippen molar-refractivity contribution in [3.05, 3.63) is 23.1 Å². The van der Waals surface area contributed by atoms with E-state index in [1.165, 1.54) is 11.3 Å². The van der Waals surface area contributed by atoms with E-state index in [4.69, 9.17) is 10.5 Å². The summed E-state index contributed by atoms with van der Waals surface area (Å²) in [4.78, 5) is 14.9. The molecule has 2 rings (SSSR count). The number of hydrogen-bond donors (Lipinski definition) is 1. The van der Waals surface area contributed by atoms with Gasteiger partial charge in [-0.15, -0.1) is 11.3 Å². The van der Waals surface area contributed by atoms with Crippen molar-refractivity contribution in [3.63, 3.8) is 0 Å². The van der Waals surface area contributed by atoms with E-state index < -0.39 is 0 Å². The molecule has 0 atom stereocenters. The molecule has 0 aliphatic rings. The smallest absolute Gasteiger partial charge is 0.265 e. The van der Waals surface area contributed by atoms with Gasteiger partial charge in [-0.3, -0.25) is 4.79 Å². The molecule has 0 fully saturated rings. The topological polar surface area (TPSA) is 55.6 Å². The third kappa shape index (κ3) is 3.13. The molecule has 0 spiro atoms. The van der Waals surface area contributed by atoms with Crippen LogP contribution in [0.4, 0.5) is 5.69 Å². The highest BCUT2D eigenvalue weighted by Crippen LogP contribution is 2.39. The molecule has 0 unspecified atom stereocenters. The van der Waals surface area contributed by atoms with E-state index in [0.717, 1.165) is 23.1 Å². The van der Waals surface area contributed by atoms with Gasteiger partial charge in [-0.05, 0) is 24.5 Å². The molecule has 0 saturated heterocycles. The summed E-state index contributed by atoms with van der Waals surface area (Å²) in [5, 5.41) is 0.839. The minimum Gasteiger partial charge on any atom is -0.496 e. The number of nitrogens with zero attached hydrogens (tertiary/aromatic N) is 1. The maximum absolute atomic E-state index is 12.6. The van der Waals surface area contributed by atoms with Crippen molar-refractivity contribution in [1.29, 1.82) is 0 Å². The summed E-state index contributed by atoms with van der Waals surface area (Å²) in [5.74, 6) is 1.27. The van der Waals surface area contributed by atoms with E-state index in [1.807, 2.05) is 25.2 Å². The Morgan fingerprint density at radius 2 is 2.14 bits per heavy atom. The Balaban J connectivity index is 2.34. The number of nitrogen functional groups attached to an aromatic ring is 1. The molecule has 1 heterocycles. The van der Waals surface area contributed by atoms with Gasteiger partial charge in [0.25, 0.3) is 5.91 Å². The minimum atomic E-state index is -0.0172. The highest BCUT2D eigenvalue weighted by atomic mass is 32.1. The van der Waals surface area contributed by atoms with Gasteiger partial charge < -0.3 is 15.4 Å². The summed E-state index contributed by atoms with van der Waals surface area (Å²) in [5.41, 5.74) is 6.72. The Morgan fingerprint density at radius 3 is 2.76 bits per heavy atom. The molecule has 1 amide bonds. The lowest BCUT2D eigenvalue weighted by Crippen LogP contribution is -2.28. The number of thiophene rings is 1. The molecule has 114 valence electrons. The van der Waals surface area contributed by atoms with E-state index in [9.17, 15) is 4.79 Å². The highest BCUT2D eigenvalue weighted by Gasteiger charge is 2.21. The molecule has 1 aromatic heterocycles. The molecule has 4 nitrogen and oxygen atoms in total. The first-order chi connectivity index (χ1) is 9.95. The van der Waals surface area contributed by atoms with Gasteiger partial charge in [0.1, 0.15) is 10.6 Å². The maximum atomic E-state index is 12.6. The zero-order valence-electron chi connectivity index (χ0n) is 13.0. The van der Waals surface area contributed by atoms with Gasteiger partial charge in [-0.1, -0.05) is 19.9 Å². The lowest BCUT2D eigenvalue weighted by Gasteiger charge is -2.17. The molecule has 0 aliphatic carbocycles. The number of methoxy groups -OCH3 is 1. The lowest BCUT2D eigenvalue weighted by atomic mass is 10.1. The Bertz CT molecular complexity index is 649. The maximum Gasteiger partial charge on any atom is 0.265 e. The van der Waals surface area contributed by atoms with Crippen molar-refractivity contribution < 1.29 is 9.53 Å². The van der Waals surface area contributed by atoms with Gasteiger partial charge in [-0.25, -0.2) is 0 Å². The molecule has 21 heavy (non-hydrogen) atoms. The number of carbonyl (C=O) groups is 1. The van der Waals surface area contributed by atoms with Gasteiger partial charge in [0.15, 0.2) is 0 Å². The van der Waals surface area contributed by atoms with Crippen LogP contribution in [-0.4, -0.2) is 31.5 Å². The van der Waals surface area contributed by atoms with Gasteiger partial charge in [0.2, 0.25) is 0 Å². The molecular weight excluding hydrogens is 284 g/mol. The fourth-order valence-corrected chi connectivity index (χ4v) is 3.33. The van der Waals surface area contributed by atoms with Crippen LogP contribution in [0.1, 0.15) is 29.9 Å². The SMILES string of the molecule is COc1cccc2sc(C(=O)N(C)CCC(C)C)c(N)c12. The monoisotopic (exact) mass is 306 g/mol.